The number of halogens is 3. The van der Waals surface area contributed by atoms with E-state index in [1.807, 2.05) is 0 Å². The first-order valence-electron chi connectivity index (χ1n) is 8.38. The summed E-state index contributed by atoms with van der Waals surface area (Å²) in [7, 11) is -8.28. The summed E-state index contributed by atoms with van der Waals surface area (Å²) in [5.74, 6) is -2.75. The molecule has 2 aromatic rings. The van der Waals surface area contributed by atoms with Crippen LogP contribution in [0.3, 0.4) is 0 Å². The summed E-state index contributed by atoms with van der Waals surface area (Å²) in [4.78, 5) is 31.2. The number of nitro groups is 1. The van der Waals surface area contributed by atoms with Gasteiger partial charge in [0.15, 0.2) is 20.6 Å². The van der Waals surface area contributed by atoms with Crippen LogP contribution in [0.2, 0.25) is 0 Å². The second-order valence-corrected chi connectivity index (χ2v) is 9.60. The molecule has 0 aliphatic heterocycles. The standard InChI is InChI=1S/C17H14F3N3O7S2/c1-10(24)21-11-3-2-4-12(7-11)22-16(25)9-32(29,30)15-6-5-13(8-14(15)23(26)27)31(28)17(18,19)20/h2-8H,9H2,1H3,(H,21,24)(H,22,25). The molecule has 0 bridgehead atoms. The number of amides is 2. The molecule has 32 heavy (non-hydrogen) atoms. The number of anilines is 2. The van der Waals surface area contributed by atoms with E-state index >= 15 is 0 Å². The maximum atomic E-state index is 12.6. The first-order chi connectivity index (χ1) is 14.7. The van der Waals surface area contributed by atoms with E-state index in [1.54, 1.807) is 0 Å². The smallest absolute Gasteiger partial charge is 0.326 e. The third kappa shape index (κ3) is 6.34. The van der Waals surface area contributed by atoms with Crippen molar-refractivity contribution in [2.45, 2.75) is 22.2 Å². The number of carbonyl (C=O) groups is 2. The molecular weight excluding hydrogens is 479 g/mol. The average molecular weight is 493 g/mol. The number of nitrogens with one attached hydrogen (secondary N) is 2. The predicted octanol–water partition coefficient (Wildman–Crippen LogP) is 2.59. The number of benzene rings is 2. The van der Waals surface area contributed by atoms with Gasteiger partial charge in [-0.05, 0) is 30.3 Å². The largest absolute Gasteiger partial charge is 0.475 e. The summed E-state index contributed by atoms with van der Waals surface area (Å²) >= 11 is 0. The molecule has 0 fully saturated rings. The molecular formula is C17H14F3N3O7S2. The van der Waals surface area contributed by atoms with Crippen LogP contribution in [0.5, 0.6) is 0 Å². The number of alkyl halides is 3. The average Bonchev–Trinajstić information content (AvgIpc) is 2.65. The lowest BCUT2D eigenvalue weighted by atomic mass is 10.2. The Labute approximate surface area is 181 Å². The summed E-state index contributed by atoms with van der Waals surface area (Å²) in [5, 5.41) is 15.9. The van der Waals surface area contributed by atoms with Crippen LogP contribution in [-0.4, -0.2) is 40.6 Å². The Hall–Kier alpha value is -3.33. The van der Waals surface area contributed by atoms with Crippen molar-refractivity contribution in [3.63, 3.8) is 0 Å². The van der Waals surface area contributed by atoms with Crippen LogP contribution in [0.4, 0.5) is 30.2 Å². The molecule has 0 saturated carbocycles. The van der Waals surface area contributed by atoms with E-state index in [-0.39, 0.29) is 11.8 Å². The fourth-order valence-corrected chi connectivity index (χ4v) is 4.46. The lowest BCUT2D eigenvalue weighted by Gasteiger charge is -2.10. The predicted molar refractivity (Wildman–Crippen MR) is 107 cm³/mol. The fourth-order valence-electron chi connectivity index (χ4n) is 2.48. The van der Waals surface area contributed by atoms with Crippen molar-refractivity contribution in [2.75, 3.05) is 16.4 Å². The van der Waals surface area contributed by atoms with Gasteiger partial charge in [0.2, 0.25) is 11.8 Å². The van der Waals surface area contributed by atoms with Gasteiger partial charge in [-0.15, -0.1) is 0 Å². The van der Waals surface area contributed by atoms with Crippen molar-refractivity contribution in [3.05, 3.63) is 52.6 Å². The molecule has 0 radical (unpaired) electrons. The minimum absolute atomic E-state index is 0.113. The molecule has 0 spiro atoms. The van der Waals surface area contributed by atoms with Crippen LogP contribution in [0.15, 0.2) is 52.3 Å². The lowest BCUT2D eigenvalue weighted by molar-refractivity contribution is -0.388. The molecule has 0 aliphatic rings. The molecule has 1 unspecified atom stereocenters. The van der Waals surface area contributed by atoms with Crippen molar-refractivity contribution in [1.29, 1.82) is 0 Å². The Kier molecular flexibility index (Phi) is 7.35. The van der Waals surface area contributed by atoms with Crippen LogP contribution in [0, 0.1) is 10.1 Å². The molecule has 15 heteroatoms. The highest BCUT2D eigenvalue weighted by atomic mass is 32.2. The number of hydrogen-bond acceptors (Lipinski definition) is 7. The first kappa shape index (κ1) is 24.9. The lowest BCUT2D eigenvalue weighted by Crippen LogP contribution is -2.24. The Bertz CT molecular complexity index is 1210. The van der Waals surface area contributed by atoms with Crippen molar-refractivity contribution >= 4 is 49.5 Å². The number of nitrogens with zero attached hydrogens (tertiary/aromatic N) is 1. The number of nitro benzene ring substituents is 1. The van der Waals surface area contributed by atoms with E-state index in [9.17, 15) is 45.5 Å². The van der Waals surface area contributed by atoms with Crippen molar-refractivity contribution < 1.29 is 40.3 Å². The highest BCUT2D eigenvalue weighted by Gasteiger charge is 2.39. The van der Waals surface area contributed by atoms with E-state index in [0.29, 0.717) is 17.8 Å². The zero-order valence-corrected chi connectivity index (χ0v) is 17.6. The van der Waals surface area contributed by atoms with Gasteiger partial charge in [-0.3, -0.25) is 19.7 Å². The van der Waals surface area contributed by atoms with Crippen LogP contribution < -0.4 is 10.6 Å². The maximum Gasteiger partial charge on any atom is 0.475 e. The zero-order valence-electron chi connectivity index (χ0n) is 16.0. The van der Waals surface area contributed by atoms with E-state index in [1.165, 1.54) is 31.2 Å². The van der Waals surface area contributed by atoms with Crippen LogP contribution >= 0.6 is 0 Å². The summed E-state index contributed by atoms with van der Waals surface area (Å²) in [5.41, 5.74) is -6.04. The molecule has 172 valence electrons. The summed E-state index contributed by atoms with van der Waals surface area (Å²) in [6, 6.07) is 6.94. The van der Waals surface area contributed by atoms with Gasteiger partial charge in [0.25, 0.3) is 5.69 Å². The number of rotatable bonds is 7. The Morgan fingerprint density at radius 3 is 2.22 bits per heavy atom. The van der Waals surface area contributed by atoms with Crippen LogP contribution in [-0.2, 0) is 30.2 Å². The molecule has 0 heterocycles. The van der Waals surface area contributed by atoms with Gasteiger partial charge in [-0.2, -0.15) is 13.2 Å². The molecule has 1 atom stereocenters. The highest BCUT2D eigenvalue weighted by molar-refractivity contribution is 7.92. The van der Waals surface area contributed by atoms with Gasteiger partial charge in [0.05, 0.1) is 9.82 Å². The molecule has 2 rings (SSSR count). The SMILES string of the molecule is CC(=O)Nc1cccc(NC(=O)CS(=O)(=O)c2ccc(S(=O)C(F)(F)F)cc2[N+](=O)[O-])c1. The van der Waals surface area contributed by atoms with Gasteiger partial charge in [-0.25, -0.2) is 12.6 Å². The van der Waals surface area contributed by atoms with E-state index in [2.05, 4.69) is 10.6 Å². The van der Waals surface area contributed by atoms with Crippen molar-refractivity contribution in [3.8, 4) is 0 Å². The molecule has 0 saturated heterocycles. The van der Waals surface area contributed by atoms with Gasteiger partial charge in [-0.1, -0.05) is 6.07 Å². The van der Waals surface area contributed by atoms with Crippen molar-refractivity contribution in [1.82, 2.24) is 0 Å². The molecule has 0 aromatic heterocycles. The third-order valence-electron chi connectivity index (χ3n) is 3.67. The van der Waals surface area contributed by atoms with Crippen LogP contribution in [0.1, 0.15) is 6.92 Å². The van der Waals surface area contributed by atoms with Gasteiger partial charge in [0, 0.05) is 24.4 Å². The summed E-state index contributed by atoms with van der Waals surface area (Å²) < 4.78 is 74.3. The number of carbonyl (C=O) groups excluding carboxylic acids is 2. The van der Waals surface area contributed by atoms with Gasteiger partial charge < -0.3 is 10.6 Å². The monoisotopic (exact) mass is 493 g/mol. The first-order valence-corrected chi connectivity index (χ1v) is 11.2. The molecule has 10 nitrogen and oxygen atoms in total. The normalized spacial score (nSPS) is 12.6. The van der Waals surface area contributed by atoms with Crippen molar-refractivity contribution in [2.24, 2.45) is 0 Å². The zero-order chi connectivity index (χ0) is 24.3. The summed E-state index contributed by atoms with van der Waals surface area (Å²) in [6.45, 7) is 1.25. The quantitative estimate of drug-likeness (QED) is 0.444. The van der Waals surface area contributed by atoms with Gasteiger partial charge in [0.1, 0.15) is 10.6 Å². The number of sulfone groups is 1. The fraction of sp³-hybridized carbons (Fsp3) is 0.176. The van der Waals surface area contributed by atoms with E-state index in [4.69, 9.17) is 0 Å². The van der Waals surface area contributed by atoms with Crippen LogP contribution in [0.25, 0.3) is 0 Å². The maximum absolute atomic E-state index is 12.6. The Morgan fingerprint density at radius 2 is 1.69 bits per heavy atom. The second-order valence-electron chi connectivity index (χ2n) is 6.17. The van der Waals surface area contributed by atoms with Gasteiger partial charge >= 0.3 is 5.51 Å². The molecule has 2 amide bonds. The second kappa shape index (κ2) is 9.44. The highest BCUT2D eigenvalue weighted by Crippen LogP contribution is 2.32. The molecule has 0 aliphatic carbocycles. The topological polar surface area (TPSA) is 153 Å². The minimum Gasteiger partial charge on any atom is -0.326 e. The number of hydrogen-bond donors (Lipinski definition) is 2. The summed E-state index contributed by atoms with van der Waals surface area (Å²) in [6.07, 6.45) is 0. The molecule has 2 N–H and O–H groups in total. The Balaban J connectivity index is 2.29. The Morgan fingerprint density at radius 1 is 1.09 bits per heavy atom. The minimum atomic E-state index is -5.21. The van der Waals surface area contributed by atoms with E-state index < -0.39 is 64.1 Å². The third-order valence-corrected chi connectivity index (χ3v) is 6.43. The molecule has 2 aromatic carbocycles. The van der Waals surface area contributed by atoms with E-state index in [0.717, 1.165) is 0 Å².